The molecule has 3 heterocycles. The van der Waals surface area contributed by atoms with E-state index in [0.29, 0.717) is 18.1 Å². The smallest absolute Gasteiger partial charge is 0.226 e. The Balaban J connectivity index is 1.34. The third-order valence-electron chi connectivity index (χ3n) is 4.19. The highest BCUT2D eigenvalue weighted by atomic mass is 32.2. The van der Waals surface area contributed by atoms with Crippen LogP contribution in [0.5, 0.6) is 0 Å². The first kappa shape index (κ1) is 18.3. The molecule has 0 aliphatic carbocycles. The van der Waals surface area contributed by atoms with Gasteiger partial charge < -0.3 is 4.52 Å². The minimum absolute atomic E-state index is 0.587. The van der Waals surface area contributed by atoms with Gasteiger partial charge in [0.1, 0.15) is 0 Å². The zero-order valence-corrected chi connectivity index (χ0v) is 16.4. The number of hydrogen-bond donors (Lipinski definition) is 0. The van der Waals surface area contributed by atoms with Gasteiger partial charge in [-0.15, -0.1) is 5.10 Å². The summed E-state index contributed by atoms with van der Waals surface area (Å²) in [6.07, 6.45) is 5.00. The van der Waals surface area contributed by atoms with Crippen molar-refractivity contribution in [2.45, 2.75) is 31.8 Å². The molecule has 142 valence electrons. The number of tetrazole rings is 1. The lowest BCUT2D eigenvalue weighted by Gasteiger charge is -2.08. The van der Waals surface area contributed by atoms with Crippen molar-refractivity contribution in [2.24, 2.45) is 0 Å². The highest BCUT2D eigenvalue weighted by Gasteiger charge is 2.12. The number of benzene rings is 1. The maximum atomic E-state index is 5.34. The van der Waals surface area contributed by atoms with Gasteiger partial charge >= 0.3 is 0 Å². The summed E-state index contributed by atoms with van der Waals surface area (Å²) < 4.78 is 7.13. The van der Waals surface area contributed by atoms with Crippen LogP contribution in [0.15, 0.2) is 52.4 Å². The van der Waals surface area contributed by atoms with E-state index in [1.807, 2.05) is 18.2 Å². The van der Waals surface area contributed by atoms with E-state index >= 15 is 0 Å². The van der Waals surface area contributed by atoms with Gasteiger partial charge in [0.2, 0.25) is 16.9 Å². The molecule has 0 bridgehead atoms. The minimum Gasteiger partial charge on any atom is -0.339 e. The van der Waals surface area contributed by atoms with E-state index in [0.717, 1.165) is 34.1 Å². The van der Waals surface area contributed by atoms with Crippen LogP contribution in [0.25, 0.3) is 17.1 Å². The SMILES string of the molecule is Cc1ccc(-n2nnnc2SCCCc2nc(-c3ccncc3)no2)c(C)c1. The number of pyridine rings is 1. The van der Waals surface area contributed by atoms with Gasteiger partial charge in [-0.1, -0.05) is 34.6 Å². The van der Waals surface area contributed by atoms with Crippen LogP contribution in [0.2, 0.25) is 0 Å². The van der Waals surface area contributed by atoms with Gasteiger partial charge in [-0.25, -0.2) is 0 Å². The van der Waals surface area contributed by atoms with E-state index < -0.39 is 0 Å². The maximum Gasteiger partial charge on any atom is 0.226 e. The molecule has 9 heteroatoms. The van der Waals surface area contributed by atoms with Gasteiger partial charge in [0.05, 0.1) is 5.69 Å². The zero-order chi connectivity index (χ0) is 19.3. The van der Waals surface area contributed by atoms with Gasteiger partial charge in [0.15, 0.2) is 0 Å². The topological polar surface area (TPSA) is 95.4 Å². The summed E-state index contributed by atoms with van der Waals surface area (Å²) in [4.78, 5) is 8.43. The number of aryl methyl sites for hydroxylation is 3. The average molecular weight is 393 g/mol. The molecule has 4 aromatic rings. The van der Waals surface area contributed by atoms with Crippen molar-refractivity contribution in [3.05, 3.63) is 59.7 Å². The lowest BCUT2D eigenvalue weighted by molar-refractivity contribution is 0.378. The van der Waals surface area contributed by atoms with Crippen LogP contribution < -0.4 is 0 Å². The summed E-state index contributed by atoms with van der Waals surface area (Å²) in [6.45, 7) is 4.14. The monoisotopic (exact) mass is 393 g/mol. The molecule has 4 rings (SSSR count). The van der Waals surface area contributed by atoms with Crippen LogP contribution in [-0.2, 0) is 6.42 Å². The van der Waals surface area contributed by atoms with Crippen LogP contribution in [0.1, 0.15) is 23.4 Å². The Morgan fingerprint density at radius 3 is 2.79 bits per heavy atom. The molecule has 0 saturated heterocycles. The first-order valence-electron chi connectivity index (χ1n) is 8.92. The number of rotatable bonds is 7. The molecule has 0 amide bonds. The van der Waals surface area contributed by atoms with Gasteiger partial charge in [0, 0.05) is 30.1 Å². The number of aromatic nitrogens is 7. The van der Waals surface area contributed by atoms with Crippen molar-refractivity contribution in [1.29, 1.82) is 0 Å². The highest BCUT2D eigenvalue weighted by molar-refractivity contribution is 7.99. The minimum atomic E-state index is 0.587. The van der Waals surface area contributed by atoms with Gasteiger partial charge in [0.25, 0.3) is 0 Å². The van der Waals surface area contributed by atoms with Crippen molar-refractivity contribution in [1.82, 2.24) is 35.3 Å². The van der Waals surface area contributed by atoms with Crippen molar-refractivity contribution < 1.29 is 4.52 Å². The molecule has 28 heavy (non-hydrogen) atoms. The normalized spacial score (nSPS) is 11.1. The highest BCUT2D eigenvalue weighted by Crippen LogP contribution is 2.22. The molecule has 0 N–H and O–H groups in total. The molecule has 0 aliphatic rings. The van der Waals surface area contributed by atoms with Crippen LogP contribution in [0, 0.1) is 13.8 Å². The Hall–Kier alpha value is -3.07. The quantitative estimate of drug-likeness (QED) is 0.348. The van der Waals surface area contributed by atoms with E-state index in [9.17, 15) is 0 Å². The fraction of sp³-hybridized carbons (Fsp3) is 0.263. The molecule has 0 saturated carbocycles. The molecule has 0 fully saturated rings. The van der Waals surface area contributed by atoms with Gasteiger partial charge in [-0.3, -0.25) is 4.98 Å². The summed E-state index contributed by atoms with van der Waals surface area (Å²) in [5.41, 5.74) is 4.25. The summed E-state index contributed by atoms with van der Waals surface area (Å²) in [5, 5.41) is 16.9. The Labute approximate surface area is 166 Å². The first-order valence-corrected chi connectivity index (χ1v) is 9.91. The van der Waals surface area contributed by atoms with Crippen LogP contribution in [0.4, 0.5) is 0 Å². The molecule has 3 aromatic heterocycles. The Morgan fingerprint density at radius 1 is 1.11 bits per heavy atom. The van der Waals surface area contributed by atoms with Crippen molar-refractivity contribution in [2.75, 3.05) is 5.75 Å². The molecule has 1 aromatic carbocycles. The predicted molar refractivity (Wildman–Crippen MR) is 105 cm³/mol. The van der Waals surface area contributed by atoms with Gasteiger partial charge in [-0.2, -0.15) is 9.67 Å². The van der Waals surface area contributed by atoms with E-state index in [2.05, 4.69) is 56.6 Å². The van der Waals surface area contributed by atoms with Crippen molar-refractivity contribution in [3.8, 4) is 17.1 Å². The standard InChI is InChI=1S/C19H19N7OS/c1-13-5-6-16(14(2)12-13)26-19(22-24-25-26)28-11-3-4-17-21-18(23-27-17)15-7-9-20-10-8-15/h5-10,12H,3-4,11H2,1-2H3. The van der Waals surface area contributed by atoms with Gasteiger partial charge in [-0.05, 0) is 54.5 Å². The largest absolute Gasteiger partial charge is 0.339 e. The summed E-state index contributed by atoms with van der Waals surface area (Å²) >= 11 is 1.61. The summed E-state index contributed by atoms with van der Waals surface area (Å²) in [5.74, 6) is 2.06. The second-order valence-corrected chi connectivity index (χ2v) is 7.42. The van der Waals surface area contributed by atoms with E-state index in [1.54, 1.807) is 28.8 Å². The maximum absolute atomic E-state index is 5.34. The lowest BCUT2D eigenvalue weighted by Crippen LogP contribution is -2.02. The predicted octanol–water partition coefficient (Wildman–Crippen LogP) is 3.45. The number of hydrogen-bond acceptors (Lipinski definition) is 8. The molecule has 8 nitrogen and oxygen atoms in total. The van der Waals surface area contributed by atoms with E-state index in [1.165, 1.54) is 5.56 Å². The van der Waals surface area contributed by atoms with E-state index in [-0.39, 0.29) is 0 Å². The Morgan fingerprint density at radius 2 is 1.96 bits per heavy atom. The second kappa shape index (κ2) is 8.30. The fourth-order valence-electron chi connectivity index (χ4n) is 2.82. The van der Waals surface area contributed by atoms with Crippen LogP contribution >= 0.6 is 11.8 Å². The van der Waals surface area contributed by atoms with E-state index in [4.69, 9.17) is 4.52 Å². The lowest BCUT2D eigenvalue weighted by atomic mass is 10.1. The average Bonchev–Trinajstić information content (AvgIpc) is 3.36. The summed E-state index contributed by atoms with van der Waals surface area (Å²) in [7, 11) is 0. The molecule has 0 radical (unpaired) electrons. The number of thioether (sulfide) groups is 1. The molecule has 0 spiro atoms. The van der Waals surface area contributed by atoms with Crippen molar-refractivity contribution >= 4 is 11.8 Å². The summed E-state index contributed by atoms with van der Waals surface area (Å²) in [6, 6.07) is 9.95. The Bertz CT molecular complexity index is 1060. The fourth-order valence-corrected chi connectivity index (χ4v) is 3.65. The molecule has 0 unspecified atom stereocenters. The zero-order valence-electron chi connectivity index (χ0n) is 15.6. The molecular formula is C19H19N7OS. The molecule has 0 atom stereocenters. The van der Waals surface area contributed by atoms with Crippen LogP contribution in [-0.4, -0.2) is 41.1 Å². The second-order valence-electron chi connectivity index (χ2n) is 6.36. The molecular weight excluding hydrogens is 374 g/mol. The molecule has 0 aliphatic heterocycles. The number of nitrogens with zero attached hydrogens (tertiary/aromatic N) is 7. The first-order chi connectivity index (χ1) is 13.7. The third kappa shape index (κ3) is 4.09. The third-order valence-corrected chi connectivity index (χ3v) is 5.20. The van der Waals surface area contributed by atoms with Crippen LogP contribution in [0.3, 0.4) is 0 Å². The van der Waals surface area contributed by atoms with Crippen molar-refractivity contribution in [3.63, 3.8) is 0 Å². The Kier molecular flexibility index (Phi) is 5.43.